The van der Waals surface area contributed by atoms with Gasteiger partial charge < -0.3 is 4.90 Å². The zero-order valence-electron chi connectivity index (χ0n) is 17.4. The lowest BCUT2D eigenvalue weighted by atomic mass is 9.75. The third kappa shape index (κ3) is 4.33. The van der Waals surface area contributed by atoms with Gasteiger partial charge in [-0.15, -0.1) is 0 Å². The van der Waals surface area contributed by atoms with Crippen LogP contribution in [0.4, 0.5) is 0 Å². The highest BCUT2D eigenvalue weighted by molar-refractivity contribution is 5.79. The Balaban J connectivity index is 2.17. The molecular weight excluding hydrogens is 296 g/mol. The van der Waals surface area contributed by atoms with Crippen molar-refractivity contribution in [3.63, 3.8) is 0 Å². The van der Waals surface area contributed by atoms with Crippen LogP contribution in [0.25, 0.3) is 0 Å². The van der Waals surface area contributed by atoms with E-state index in [9.17, 15) is 4.79 Å². The predicted molar refractivity (Wildman–Crippen MR) is 102 cm³/mol. The van der Waals surface area contributed by atoms with E-state index >= 15 is 0 Å². The fourth-order valence-electron chi connectivity index (χ4n) is 4.76. The van der Waals surface area contributed by atoms with E-state index in [2.05, 4.69) is 65.2 Å². The second-order valence-electron chi connectivity index (χ2n) is 10.4. The second-order valence-corrected chi connectivity index (χ2v) is 10.4. The fourth-order valence-corrected chi connectivity index (χ4v) is 4.76. The molecule has 0 aromatic heterocycles. The molecule has 0 radical (unpaired) electrons. The van der Waals surface area contributed by atoms with Gasteiger partial charge in [-0.25, -0.2) is 0 Å². The molecular formula is C21H40N2O. The molecule has 1 aliphatic heterocycles. The maximum atomic E-state index is 13.1. The molecule has 1 heterocycles. The van der Waals surface area contributed by atoms with Gasteiger partial charge in [0.2, 0.25) is 5.91 Å². The molecule has 3 nitrogen and oxygen atoms in total. The lowest BCUT2D eigenvalue weighted by Crippen LogP contribution is -2.52. The Hall–Kier alpha value is -0.570. The Labute approximate surface area is 150 Å². The van der Waals surface area contributed by atoms with Gasteiger partial charge in [0.25, 0.3) is 0 Å². The normalized spacial score (nSPS) is 29.2. The topological polar surface area (TPSA) is 23.6 Å². The molecule has 24 heavy (non-hydrogen) atoms. The van der Waals surface area contributed by atoms with Gasteiger partial charge in [-0.2, -0.15) is 0 Å². The molecule has 0 N–H and O–H groups in total. The molecule has 3 heteroatoms. The summed E-state index contributed by atoms with van der Waals surface area (Å²) in [6.45, 7) is 19.1. The van der Waals surface area contributed by atoms with E-state index in [1.54, 1.807) is 0 Å². The van der Waals surface area contributed by atoms with Crippen LogP contribution < -0.4 is 0 Å². The Morgan fingerprint density at radius 3 is 2.08 bits per heavy atom. The number of hydrogen-bond donors (Lipinski definition) is 0. The minimum absolute atomic E-state index is 0.0962. The van der Waals surface area contributed by atoms with Crippen LogP contribution in [-0.2, 0) is 4.79 Å². The van der Waals surface area contributed by atoms with Crippen molar-refractivity contribution in [1.29, 1.82) is 0 Å². The number of likely N-dealkylation sites (tertiary alicyclic amines) is 1. The van der Waals surface area contributed by atoms with Gasteiger partial charge in [-0.3, -0.25) is 9.69 Å². The van der Waals surface area contributed by atoms with Crippen LogP contribution in [0.15, 0.2) is 0 Å². The number of carbonyl (C=O) groups excluding carboxylic acids is 1. The largest absolute Gasteiger partial charge is 0.335 e. The monoisotopic (exact) mass is 336 g/mol. The van der Waals surface area contributed by atoms with E-state index in [0.717, 1.165) is 13.0 Å². The van der Waals surface area contributed by atoms with Crippen LogP contribution in [0.5, 0.6) is 0 Å². The van der Waals surface area contributed by atoms with Crippen molar-refractivity contribution in [2.45, 2.75) is 111 Å². The van der Waals surface area contributed by atoms with Crippen LogP contribution in [0.1, 0.15) is 87.5 Å². The first-order valence-electron chi connectivity index (χ1n) is 10.0. The Morgan fingerprint density at radius 2 is 1.67 bits per heavy atom. The molecule has 1 saturated heterocycles. The Morgan fingerprint density at radius 1 is 1.12 bits per heavy atom. The quantitative estimate of drug-likeness (QED) is 0.746. The van der Waals surface area contributed by atoms with Crippen molar-refractivity contribution in [2.75, 3.05) is 6.54 Å². The van der Waals surface area contributed by atoms with Crippen molar-refractivity contribution < 1.29 is 4.79 Å². The summed E-state index contributed by atoms with van der Waals surface area (Å²) in [4.78, 5) is 18.0. The van der Waals surface area contributed by atoms with E-state index in [0.29, 0.717) is 29.4 Å². The summed E-state index contributed by atoms with van der Waals surface area (Å²) in [6, 6.07) is 1.39. The lowest BCUT2D eigenvalue weighted by molar-refractivity contribution is -0.141. The number of carbonyl (C=O) groups is 1. The zero-order valence-corrected chi connectivity index (χ0v) is 17.4. The maximum absolute atomic E-state index is 13.1. The van der Waals surface area contributed by atoms with E-state index < -0.39 is 0 Å². The standard InChI is InChI=1S/C21H40N2O/c1-15(2)19(24)23(17-9-11-21(7,8)12-10-17)18-13-16(3)22(14-18)20(4,5)6/h15-18H,9-14H2,1-8H3/t16-,18-/m0/s1. The minimum Gasteiger partial charge on any atom is -0.335 e. The first kappa shape index (κ1) is 19.8. The van der Waals surface area contributed by atoms with Crippen molar-refractivity contribution >= 4 is 5.91 Å². The summed E-state index contributed by atoms with van der Waals surface area (Å²) in [5, 5.41) is 0. The molecule has 1 amide bonds. The van der Waals surface area contributed by atoms with E-state index in [1.165, 1.54) is 25.7 Å². The molecule has 2 rings (SSSR count). The van der Waals surface area contributed by atoms with Crippen molar-refractivity contribution in [2.24, 2.45) is 11.3 Å². The van der Waals surface area contributed by atoms with Crippen molar-refractivity contribution in [3.8, 4) is 0 Å². The van der Waals surface area contributed by atoms with Gasteiger partial charge in [0, 0.05) is 36.1 Å². The van der Waals surface area contributed by atoms with Gasteiger partial charge in [-0.05, 0) is 65.2 Å². The number of rotatable bonds is 3. The summed E-state index contributed by atoms with van der Waals surface area (Å²) in [5.74, 6) is 0.464. The molecule has 2 fully saturated rings. The Kier molecular flexibility index (Phi) is 5.74. The molecule has 140 valence electrons. The number of hydrogen-bond acceptors (Lipinski definition) is 2. The summed E-state index contributed by atoms with van der Waals surface area (Å²) in [6.07, 6.45) is 5.95. The molecule has 2 aliphatic rings. The van der Waals surface area contributed by atoms with Gasteiger partial charge in [0.1, 0.15) is 0 Å². The van der Waals surface area contributed by atoms with E-state index in [1.807, 2.05) is 0 Å². The minimum atomic E-state index is 0.0962. The third-order valence-corrected chi connectivity index (χ3v) is 6.26. The van der Waals surface area contributed by atoms with Gasteiger partial charge in [-0.1, -0.05) is 27.7 Å². The smallest absolute Gasteiger partial charge is 0.225 e. The average molecular weight is 337 g/mol. The average Bonchev–Trinajstić information content (AvgIpc) is 2.82. The number of nitrogens with zero attached hydrogens (tertiary/aromatic N) is 2. The molecule has 1 saturated carbocycles. The SMILES string of the molecule is CC(C)C(=O)N(C1CCC(C)(C)CC1)[C@H]1C[C@H](C)N(C(C)(C)C)C1. The number of amides is 1. The van der Waals surface area contributed by atoms with Gasteiger partial charge in [0.05, 0.1) is 0 Å². The lowest BCUT2D eigenvalue weighted by Gasteiger charge is -2.44. The van der Waals surface area contributed by atoms with Gasteiger partial charge >= 0.3 is 0 Å². The van der Waals surface area contributed by atoms with Crippen LogP contribution in [0, 0.1) is 11.3 Å². The maximum Gasteiger partial charge on any atom is 0.225 e. The van der Waals surface area contributed by atoms with Crippen LogP contribution in [0.2, 0.25) is 0 Å². The van der Waals surface area contributed by atoms with Crippen LogP contribution in [0.3, 0.4) is 0 Å². The van der Waals surface area contributed by atoms with Crippen molar-refractivity contribution in [3.05, 3.63) is 0 Å². The third-order valence-electron chi connectivity index (χ3n) is 6.26. The molecule has 0 aromatic rings. The first-order chi connectivity index (χ1) is 10.9. The van der Waals surface area contributed by atoms with Crippen LogP contribution >= 0.6 is 0 Å². The highest BCUT2D eigenvalue weighted by Crippen LogP contribution is 2.39. The Bertz CT molecular complexity index is 439. The van der Waals surface area contributed by atoms with E-state index in [4.69, 9.17) is 0 Å². The fraction of sp³-hybridized carbons (Fsp3) is 0.952. The molecule has 1 aliphatic carbocycles. The highest BCUT2D eigenvalue weighted by atomic mass is 16.2. The zero-order chi connectivity index (χ0) is 18.3. The molecule has 0 spiro atoms. The molecule has 0 bridgehead atoms. The first-order valence-corrected chi connectivity index (χ1v) is 10.0. The predicted octanol–water partition coefficient (Wildman–Crippen LogP) is 4.70. The summed E-state index contributed by atoms with van der Waals surface area (Å²) in [5.41, 5.74) is 0.624. The second kappa shape index (κ2) is 6.97. The van der Waals surface area contributed by atoms with Crippen LogP contribution in [-0.4, -0.2) is 45.9 Å². The highest BCUT2D eigenvalue weighted by Gasteiger charge is 2.43. The summed E-state index contributed by atoms with van der Waals surface area (Å²) in [7, 11) is 0. The summed E-state index contributed by atoms with van der Waals surface area (Å²) < 4.78 is 0. The van der Waals surface area contributed by atoms with Crippen molar-refractivity contribution in [1.82, 2.24) is 9.80 Å². The van der Waals surface area contributed by atoms with E-state index in [-0.39, 0.29) is 11.5 Å². The molecule has 0 unspecified atom stereocenters. The summed E-state index contributed by atoms with van der Waals surface area (Å²) >= 11 is 0. The molecule has 2 atom stereocenters. The van der Waals surface area contributed by atoms with Gasteiger partial charge in [0.15, 0.2) is 0 Å². The molecule has 0 aromatic carbocycles.